The molecule has 1 fully saturated rings. The minimum atomic E-state index is 0.139. The van der Waals surface area contributed by atoms with Gasteiger partial charge in [0.1, 0.15) is 0 Å². The van der Waals surface area contributed by atoms with Crippen molar-refractivity contribution in [1.82, 2.24) is 5.32 Å². The lowest BCUT2D eigenvalue weighted by Crippen LogP contribution is -2.47. The van der Waals surface area contributed by atoms with Crippen molar-refractivity contribution < 1.29 is 5.11 Å². The van der Waals surface area contributed by atoms with Crippen LogP contribution >= 0.6 is 0 Å². The molecule has 0 spiro atoms. The second kappa shape index (κ2) is 4.70. The first-order chi connectivity index (χ1) is 5.34. The number of hydrogen-bond acceptors (Lipinski definition) is 3. The molecule has 3 heteroatoms. The van der Waals surface area contributed by atoms with E-state index in [9.17, 15) is 0 Å². The average molecular weight is 158 g/mol. The van der Waals surface area contributed by atoms with Gasteiger partial charge in [0, 0.05) is 18.7 Å². The predicted octanol–water partition coefficient (Wildman–Crippen LogP) is -0.162. The minimum absolute atomic E-state index is 0.139. The Bertz CT molecular complexity index is 102. The third-order valence-electron chi connectivity index (χ3n) is 2.33. The van der Waals surface area contributed by atoms with Crippen LogP contribution in [0.5, 0.6) is 0 Å². The maximum atomic E-state index is 8.66. The van der Waals surface area contributed by atoms with Crippen LogP contribution in [-0.2, 0) is 0 Å². The van der Waals surface area contributed by atoms with E-state index in [0.717, 1.165) is 13.0 Å². The molecule has 3 nitrogen and oxygen atoms in total. The first-order valence-corrected chi connectivity index (χ1v) is 4.44. The van der Waals surface area contributed by atoms with E-state index in [1.54, 1.807) is 0 Å². The molecule has 2 atom stereocenters. The molecule has 1 saturated heterocycles. The molecule has 0 aromatic rings. The van der Waals surface area contributed by atoms with E-state index in [1.807, 2.05) is 0 Å². The molecule has 11 heavy (non-hydrogen) atoms. The number of hydrogen-bond donors (Lipinski definition) is 3. The predicted molar refractivity (Wildman–Crippen MR) is 45.3 cm³/mol. The summed E-state index contributed by atoms with van der Waals surface area (Å²) in [5.41, 5.74) is 5.84. The summed E-state index contributed by atoms with van der Waals surface area (Å²) < 4.78 is 0. The molecule has 0 aromatic heterocycles. The van der Waals surface area contributed by atoms with Gasteiger partial charge in [0.25, 0.3) is 0 Å². The van der Waals surface area contributed by atoms with Gasteiger partial charge >= 0.3 is 0 Å². The zero-order valence-corrected chi connectivity index (χ0v) is 6.92. The number of nitrogens with one attached hydrogen (secondary N) is 1. The van der Waals surface area contributed by atoms with Gasteiger partial charge in [0.05, 0.1) is 0 Å². The van der Waals surface area contributed by atoms with Gasteiger partial charge in [-0.05, 0) is 25.8 Å². The quantitative estimate of drug-likeness (QED) is 0.535. The summed E-state index contributed by atoms with van der Waals surface area (Å²) in [5.74, 6) is 0. The Morgan fingerprint density at radius 1 is 1.55 bits per heavy atom. The van der Waals surface area contributed by atoms with Gasteiger partial charge in [-0.2, -0.15) is 0 Å². The van der Waals surface area contributed by atoms with E-state index >= 15 is 0 Å². The van der Waals surface area contributed by atoms with E-state index in [0.29, 0.717) is 6.04 Å². The van der Waals surface area contributed by atoms with Crippen molar-refractivity contribution in [2.75, 3.05) is 13.2 Å². The number of aliphatic hydroxyl groups excluding tert-OH is 1. The number of nitrogens with two attached hydrogens (primary N) is 1. The fourth-order valence-electron chi connectivity index (χ4n) is 1.59. The molecule has 1 heterocycles. The molecule has 66 valence electrons. The number of rotatable bonds is 3. The Balaban J connectivity index is 2.21. The summed E-state index contributed by atoms with van der Waals surface area (Å²) >= 11 is 0. The van der Waals surface area contributed by atoms with Gasteiger partial charge in [-0.15, -0.1) is 0 Å². The third-order valence-corrected chi connectivity index (χ3v) is 2.33. The zero-order chi connectivity index (χ0) is 8.10. The minimum Gasteiger partial charge on any atom is -0.396 e. The molecular weight excluding hydrogens is 140 g/mol. The van der Waals surface area contributed by atoms with Gasteiger partial charge in [-0.3, -0.25) is 0 Å². The standard InChI is InChI=1S/C8H18N2O/c9-7(4-6-11)8-3-1-2-5-10-8/h7-8,10-11H,1-6,9H2/t7-,8+/m1/s1. The van der Waals surface area contributed by atoms with Crippen molar-refractivity contribution >= 4 is 0 Å². The molecule has 0 aromatic carbocycles. The van der Waals surface area contributed by atoms with Gasteiger partial charge in [0.2, 0.25) is 0 Å². The Morgan fingerprint density at radius 3 is 2.91 bits per heavy atom. The van der Waals surface area contributed by atoms with E-state index in [4.69, 9.17) is 10.8 Å². The number of aliphatic hydroxyl groups is 1. The Labute approximate surface area is 68.0 Å². The van der Waals surface area contributed by atoms with Crippen molar-refractivity contribution in [2.45, 2.75) is 37.8 Å². The fraction of sp³-hybridized carbons (Fsp3) is 1.00. The summed E-state index contributed by atoms with van der Waals surface area (Å²) in [6.45, 7) is 1.29. The van der Waals surface area contributed by atoms with Crippen LogP contribution in [0, 0.1) is 0 Å². The first kappa shape index (κ1) is 8.97. The summed E-state index contributed by atoms with van der Waals surface area (Å²) in [7, 11) is 0. The van der Waals surface area contributed by atoms with Gasteiger partial charge in [-0.25, -0.2) is 0 Å². The molecule has 1 rings (SSSR count). The largest absolute Gasteiger partial charge is 0.396 e. The van der Waals surface area contributed by atoms with Crippen LogP contribution in [-0.4, -0.2) is 30.3 Å². The third kappa shape index (κ3) is 2.77. The highest BCUT2D eigenvalue weighted by Crippen LogP contribution is 2.10. The normalized spacial score (nSPS) is 28.4. The molecule has 0 unspecified atom stereocenters. The van der Waals surface area contributed by atoms with Gasteiger partial charge < -0.3 is 16.2 Å². The van der Waals surface area contributed by atoms with E-state index < -0.39 is 0 Å². The smallest absolute Gasteiger partial charge is 0.0446 e. The van der Waals surface area contributed by atoms with E-state index in [-0.39, 0.29) is 12.6 Å². The topological polar surface area (TPSA) is 58.3 Å². The molecule has 1 aliphatic heterocycles. The second-order valence-corrected chi connectivity index (χ2v) is 3.23. The molecule has 0 amide bonds. The van der Waals surface area contributed by atoms with E-state index in [2.05, 4.69) is 5.32 Å². The van der Waals surface area contributed by atoms with Crippen molar-refractivity contribution in [1.29, 1.82) is 0 Å². The van der Waals surface area contributed by atoms with Crippen LogP contribution in [0.25, 0.3) is 0 Å². The molecule has 0 bridgehead atoms. The van der Waals surface area contributed by atoms with Gasteiger partial charge in [0.15, 0.2) is 0 Å². The van der Waals surface area contributed by atoms with Crippen LogP contribution in [0.1, 0.15) is 25.7 Å². The maximum Gasteiger partial charge on any atom is 0.0446 e. The summed E-state index contributed by atoms with van der Waals surface area (Å²) in [5, 5.41) is 12.0. The molecular formula is C8H18N2O. The SMILES string of the molecule is N[C@H](CCO)[C@@H]1CCCCN1. The Kier molecular flexibility index (Phi) is 3.83. The zero-order valence-electron chi connectivity index (χ0n) is 6.92. The molecule has 4 N–H and O–H groups in total. The van der Waals surface area contributed by atoms with Crippen LogP contribution < -0.4 is 11.1 Å². The van der Waals surface area contributed by atoms with Crippen LogP contribution in [0.3, 0.4) is 0 Å². The van der Waals surface area contributed by atoms with E-state index in [1.165, 1.54) is 19.3 Å². The lowest BCUT2D eigenvalue weighted by molar-refractivity contribution is 0.248. The summed E-state index contributed by atoms with van der Waals surface area (Å²) in [6, 6.07) is 0.580. The number of piperidine rings is 1. The summed E-state index contributed by atoms with van der Waals surface area (Å²) in [4.78, 5) is 0. The lowest BCUT2D eigenvalue weighted by Gasteiger charge is -2.28. The van der Waals surface area contributed by atoms with Gasteiger partial charge in [-0.1, -0.05) is 6.42 Å². The fourth-order valence-corrected chi connectivity index (χ4v) is 1.59. The molecule has 1 aliphatic rings. The maximum absolute atomic E-state index is 8.66. The van der Waals surface area contributed by atoms with Crippen molar-refractivity contribution in [3.8, 4) is 0 Å². The highest BCUT2D eigenvalue weighted by molar-refractivity contribution is 4.81. The molecule has 0 saturated carbocycles. The summed E-state index contributed by atoms with van der Waals surface area (Å²) in [6.07, 6.45) is 4.43. The Morgan fingerprint density at radius 2 is 2.36 bits per heavy atom. The van der Waals surface area contributed by atoms with Crippen LogP contribution in [0.15, 0.2) is 0 Å². The second-order valence-electron chi connectivity index (χ2n) is 3.23. The highest BCUT2D eigenvalue weighted by atomic mass is 16.3. The monoisotopic (exact) mass is 158 g/mol. The molecule has 0 aliphatic carbocycles. The highest BCUT2D eigenvalue weighted by Gasteiger charge is 2.18. The lowest BCUT2D eigenvalue weighted by atomic mass is 9.97. The van der Waals surface area contributed by atoms with Crippen LogP contribution in [0.4, 0.5) is 0 Å². The first-order valence-electron chi connectivity index (χ1n) is 4.44. The van der Waals surface area contributed by atoms with Crippen molar-refractivity contribution in [2.24, 2.45) is 5.73 Å². The molecule has 0 radical (unpaired) electrons. The van der Waals surface area contributed by atoms with Crippen LogP contribution in [0.2, 0.25) is 0 Å². The van der Waals surface area contributed by atoms with Crippen molar-refractivity contribution in [3.05, 3.63) is 0 Å². The Hall–Kier alpha value is -0.120. The average Bonchev–Trinajstić information content (AvgIpc) is 2.07. The van der Waals surface area contributed by atoms with Crippen molar-refractivity contribution in [3.63, 3.8) is 0 Å².